The number of benzene rings is 4. The van der Waals surface area contributed by atoms with Gasteiger partial charge in [0.15, 0.2) is 5.56 Å². The van der Waals surface area contributed by atoms with Gasteiger partial charge in [0.2, 0.25) is 0 Å². The van der Waals surface area contributed by atoms with Crippen LogP contribution in [0, 0.1) is 34.3 Å². The van der Waals surface area contributed by atoms with Crippen molar-refractivity contribution in [3.63, 3.8) is 0 Å². The molecular weight excluding hydrogens is 650 g/mol. The van der Waals surface area contributed by atoms with Gasteiger partial charge in [-0.2, -0.15) is 10.5 Å². The van der Waals surface area contributed by atoms with Gasteiger partial charge in [-0.15, -0.1) is 0 Å². The van der Waals surface area contributed by atoms with Gasteiger partial charge >= 0.3 is 17.4 Å². The van der Waals surface area contributed by atoms with Crippen LogP contribution in [0.2, 0.25) is 0 Å². The minimum absolute atomic E-state index is 0.145. The number of pyridine rings is 1. The van der Waals surface area contributed by atoms with E-state index in [9.17, 15) is 33.1 Å². The van der Waals surface area contributed by atoms with Gasteiger partial charge in [-0.05, 0) is 66.6 Å². The molecule has 2 heterocycles. The lowest BCUT2D eigenvalue weighted by molar-refractivity contribution is -0.141. The number of nitrogens with zero attached hydrogens (tertiary/aromatic N) is 4. The van der Waals surface area contributed by atoms with Crippen LogP contribution in [0.4, 0.5) is 8.78 Å². The summed E-state index contributed by atoms with van der Waals surface area (Å²) in [5.74, 6) is -2.18. The average molecular weight is 679 g/mol. The summed E-state index contributed by atoms with van der Waals surface area (Å²) in [4.78, 5) is 46.1. The second kappa shape index (κ2) is 16.8. The Morgan fingerprint density at radius 2 is 1.28 bits per heavy atom. The van der Waals surface area contributed by atoms with Crippen LogP contribution < -0.4 is 16.9 Å². The highest BCUT2D eigenvalue weighted by Gasteiger charge is 2.16. The minimum Gasteiger partial charge on any atom is -0.506 e. The zero-order chi connectivity index (χ0) is 36.2. The lowest BCUT2D eigenvalue weighted by Gasteiger charge is -2.12. The van der Waals surface area contributed by atoms with E-state index in [0.717, 1.165) is 11.1 Å². The van der Waals surface area contributed by atoms with Crippen LogP contribution in [0.15, 0.2) is 116 Å². The number of aromatic hydroxyl groups is 1. The van der Waals surface area contributed by atoms with E-state index >= 15 is 0 Å². The van der Waals surface area contributed by atoms with Crippen LogP contribution in [0.25, 0.3) is 21.8 Å². The Hall–Kier alpha value is -6.86. The fraction of sp³-hybridized carbons (Fsp3) is 0.135. The molecule has 11 nitrogen and oxygen atoms in total. The molecule has 0 radical (unpaired) electrons. The van der Waals surface area contributed by atoms with Crippen LogP contribution in [0.5, 0.6) is 5.75 Å². The highest BCUT2D eigenvalue weighted by molar-refractivity contribution is 5.87. The number of para-hydroxylation sites is 2. The van der Waals surface area contributed by atoms with Crippen molar-refractivity contribution in [2.45, 2.75) is 26.4 Å². The van der Waals surface area contributed by atoms with Crippen LogP contribution in [-0.2, 0) is 22.6 Å². The molecule has 0 fully saturated rings. The quantitative estimate of drug-likeness (QED) is 0.228. The predicted molar refractivity (Wildman–Crippen MR) is 179 cm³/mol. The zero-order valence-electron chi connectivity index (χ0n) is 26.5. The first-order chi connectivity index (χ1) is 24.1. The van der Waals surface area contributed by atoms with Crippen LogP contribution in [0.3, 0.4) is 0 Å². The van der Waals surface area contributed by atoms with E-state index in [2.05, 4.69) is 4.74 Å². The Kier molecular flexibility index (Phi) is 12.1. The first-order valence-electron chi connectivity index (χ1n) is 15.0. The number of nitriles is 2. The normalized spacial score (nSPS) is 10.2. The minimum atomic E-state index is -0.724. The molecule has 0 aliphatic heterocycles. The molecule has 0 amide bonds. The van der Waals surface area contributed by atoms with Crippen molar-refractivity contribution in [3.05, 3.63) is 157 Å². The Morgan fingerprint density at radius 3 is 1.80 bits per heavy atom. The largest absolute Gasteiger partial charge is 0.506 e. The second-order valence-electron chi connectivity index (χ2n) is 10.4. The summed E-state index contributed by atoms with van der Waals surface area (Å²) in [5, 5.41) is 27.9. The smallest absolute Gasteiger partial charge is 0.422 e. The van der Waals surface area contributed by atoms with Crippen molar-refractivity contribution in [1.82, 2.24) is 9.13 Å². The summed E-state index contributed by atoms with van der Waals surface area (Å²) in [6.07, 6.45) is -0.145. The number of fused-ring (bicyclic) bond motifs is 2. The van der Waals surface area contributed by atoms with E-state index in [1.807, 2.05) is 0 Å². The van der Waals surface area contributed by atoms with E-state index in [1.54, 1.807) is 91.9 Å². The first-order valence-corrected chi connectivity index (χ1v) is 15.0. The molecule has 50 heavy (non-hydrogen) atoms. The summed E-state index contributed by atoms with van der Waals surface area (Å²) in [6.45, 7) is 2.45. The molecule has 0 aliphatic rings. The molecule has 1 N–H and O–H groups in total. The van der Waals surface area contributed by atoms with Gasteiger partial charge < -0.3 is 18.8 Å². The molecule has 2 aromatic heterocycles. The van der Waals surface area contributed by atoms with Gasteiger partial charge in [-0.1, -0.05) is 48.5 Å². The molecule has 0 bridgehead atoms. The fourth-order valence-electron chi connectivity index (χ4n) is 4.79. The topological polar surface area (TPSA) is 168 Å². The van der Waals surface area contributed by atoms with E-state index in [4.69, 9.17) is 14.9 Å². The molecule has 4 aromatic carbocycles. The molecular formula is C37H28F2N4O7. The highest BCUT2D eigenvalue weighted by atomic mass is 19.1. The van der Waals surface area contributed by atoms with E-state index < -0.39 is 22.9 Å². The number of hydrogen-bond acceptors (Lipinski definition) is 9. The van der Waals surface area contributed by atoms with Crippen molar-refractivity contribution >= 4 is 27.8 Å². The number of halogens is 2. The van der Waals surface area contributed by atoms with E-state index in [1.165, 1.54) is 33.4 Å². The van der Waals surface area contributed by atoms with Crippen LogP contribution in [0.1, 0.15) is 30.0 Å². The molecule has 0 saturated heterocycles. The summed E-state index contributed by atoms with van der Waals surface area (Å²) in [5.41, 5.74) is 0.979. The number of carbonyl (C=O) groups is 1. The third-order valence-electron chi connectivity index (χ3n) is 7.11. The zero-order valence-corrected chi connectivity index (χ0v) is 26.5. The van der Waals surface area contributed by atoms with Crippen molar-refractivity contribution < 1.29 is 27.8 Å². The Balaban J connectivity index is 0.000000186. The van der Waals surface area contributed by atoms with Gasteiger partial charge in [0.05, 0.1) is 42.2 Å². The predicted octanol–water partition coefficient (Wildman–Crippen LogP) is 5.37. The molecule has 0 aliphatic carbocycles. The van der Waals surface area contributed by atoms with Gasteiger partial charge in [-0.25, -0.2) is 18.4 Å². The lowest BCUT2D eigenvalue weighted by Crippen LogP contribution is -2.25. The van der Waals surface area contributed by atoms with Crippen molar-refractivity contribution in [2.75, 3.05) is 6.61 Å². The maximum Gasteiger partial charge on any atom is 0.422 e. The molecule has 6 aromatic rings. The summed E-state index contributed by atoms with van der Waals surface area (Å²) in [7, 11) is 0. The summed E-state index contributed by atoms with van der Waals surface area (Å²) < 4.78 is 37.7. The highest BCUT2D eigenvalue weighted by Crippen LogP contribution is 2.26. The molecule has 0 atom stereocenters. The molecule has 0 unspecified atom stereocenters. The van der Waals surface area contributed by atoms with Gasteiger partial charge in [-0.3, -0.25) is 14.2 Å². The number of hydrogen-bond donors (Lipinski definition) is 1. The van der Waals surface area contributed by atoms with Gasteiger partial charge in [0, 0.05) is 5.39 Å². The summed E-state index contributed by atoms with van der Waals surface area (Å²) in [6, 6.07) is 28.5. The van der Waals surface area contributed by atoms with Crippen molar-refractivity contribution in [2.24, 2.45) is 0 Å². The Morgan fingerprint density at radius 1 is 0.780 bits per heavy atom. The van der Waals surface area contributed by atoms with Crippen molar-refractivity contribution in [3.8, 4) is 17.9 Å². The third-order valence-corrected chi connectivity index (χ3v) is 7.11. The van der Waals surface area contributed by atoms with Crippen LogP contribution in [-0.4, -0.2) is 26.8 Å². The standard InChI is InChI=1S/C17H11FN2O2.C15H10FNO3.C5H7NO2/c18-12-7-5-11(6-8-12)10-20-15-4-2-1-3-13(15)16(21)14(9-19)17(20)22;16-11-7-5-10(6-8-11)9-17-13-4-2-1-3-12(13)14(18)20-15(17)19;1-2-8-5(7)3-4-6/h1-8,21H,10H2;1-8H,9H2;2-3H2,1H3. The number of esters is 1. The van der Waals surface area contributed by atoms with Gasteiger partial charge in [0.25, 0.3) is 5.56 Å². The van der Waals surface area contributed by atoms with E-state index in [0.29, 0.717) is 28.4 Å². The molecule has 6 rings (SSSR count). The maximum atomic E-state index is 13.0. The summed E-state index contributed by atoms with van der Waals surface area (Å²) >= 11 is 0. The monoisotopic (exact) mass is 678 g/mol. The van der Waals surface area contributed by atoms with E-state index in [-0.39, 0.29) is 42.5 Å². The Labute approximate surface area is 282 Å². The molecule has 0 spiro atoms. The molecule has 0 saturated carbocycles. The van der Waals surface area contributed by atoms with Gasteiger partial charge in [0.1, 0.15) is 29.9 Å². The first kappa shape index (κ1) is 36.0. The van der Waals surface area contributed by atoms with Crippen LogP contribution >= 0.6 is 0 Å². The molecule has 252 valence electrons. The fourth-order valence-corrected chi connectivity index (χ4v) is 4.79. The Bertz CT molecular complexity index is 2400. The number of rotatable bonds is 6. The lowest BCUT2D eigenvalue weighted by atomic mass is 10.1. The number of ether oxygens (including phenoxy) is 1. The number of aromatic nitrogens is 2. The average Bonchev–Trinajstić information content (AvgIpc) is 3.11. The molecule has 13 heteroatoms. The third kappa shape index (κ3) is 8.73. The number of carbonyl (C=O) groups excluding carboxylic acids is 1. The second-order valence-corrected chi connectivity index (χ2v) is 10.4. The van der Waals surface area contributed by atoms with Crippen molar-refractivity contribution in [1.29, 1.82) is 10.5 Å². The maximum absolute atomic E-state index is 13.0. The SMILES string of the molecule is CCOC(=O)CC#N.N#Cc1c(O)c2ccccc2n(Cc2ccc(F)cc2)c1=O.O=c1oc(=O)n(Cc2ccc(F)cc2)c2ccccc12.